The number of rotatable bonds is 5. The molecule has 0 bridgehead atoms. The lowest BCUT2D eigenvalue weighted by atomic mass is 9.79. The van der Waals surface area contributed by atoms with E-state index in [0.717, 1.165) is 31.0 Å². The smallest absolute Gasteiger partial charge is 0.312 e. The van der Waals surface area contributed by atoms with Crippen molar-refractivity contribution in [3.8, 4) is 0 Å². The number of carbonyl (C=O) groups is 1. The molecule has 1 fully saturated rings. The topological polar surface area (TPSA) is 26.3 Å². The third-order valence-electron chi connectivity index (χ3n) is 3.27. The van der Waals surface area contributed by atoms with Crippen LogP contribution in [-0.2, 0) is 9.53 Å². The highest BCUT2D eigenvalue weighted by Crippen LogP contribution is 2.55. The first-order valence-corrected chi connectivity index (χ1v) is 7.52. The Labute approximate surface area is 114 Å². The van der Waals surface area contributed by atoms with Gasteiger partial charge in [0.25, 0.3) is 0 Å². The lowest BCUT2D eigenvalue weighted by molar-refractivity contribution is -0.163. The Morgan fingerprint density at radius 3 is 2.12 bits per heavy atom. The van der Waals surface area contributed by atoms with Crippen LogP contribution in [0.2, 0.25) is 0 Å². The largest absolute Gasteiger partial charge is 0.460 e. The van der Waals surface area contributed by atoms with Crippen LogP contribution in [0.5, 0.6) is 0 Å². The summed E-state index contributed by atoms with van der Waals surface area (Å²) >= 11 is 3.48. The first-order chi connectivity index (χ1) is 7.60. The third kappa shape index (κ3) is 4.61. The Morgan fingerprint density at radius 2 is 1.76 bits per heavy atom. The molecule has 0 radical (unpaired) electrons. The summed E-state index contributed by atoms with van der Waals surface area (Å²) in [6.07, 6.45) is 4.03. The van der Waals surface area contributed by atoms with Crippen LogP contribution in [0.3, 0.4) is 0 Å². The highest BCUT2D eigenvalue weighted by Gasteiger charge is 2.54. The third-order valence-corrected chi connectivity index (χ3v) is 3.67. The fraction of sp³-hybridized carbons (Fsp3) is 0.929. The van der Waals surface area contributed by atoms with Crippen LogP contribution in [-0.4, -0.2) is 16.9 Å². The Kier molecular flexibility index (Phi) is 4.33. The van der Waals surface area contributed by atoms with Crippen molar-refractivity contribution in [2.45, 2.75) is 65.9 Å². The highest BCUT2D eigenvalue weighted by atomic mass is 79.9. The van der Waals surface area contributed by atoms with Gasteiger partial charge in [0.05, 0.1) is 5.41 Å². The van der Waals surface area contributed by atoms with Crippen LogP contribution in [0, 0.1) is 10.8 Å². The van der Waals surface area contributed by atoms with Gasteiger partial charge in [-0.1, -0.05) is 29.8 Å². The summed E-state index contributed by atoms with van der Waals surface area (Å²) in [5.41, 5.74) is -0.345. The summed E-state index contributed by atoms with van der Waals surface area (Å²) < 4.78 is 5.54. The van der Waals surface area contributed by atoms with E-state index >= 15 is 0 Å². The standard InChI is InChI=1S/C14H25BrO2/c1-12(2,3)17-11(16)14(6-7-14)10-13(4,5)8-9-15/h6-10H2,1-5H3. The first kappa shape index (κ1) is 15.0. The quantitative estimate of drug-likeness (QED) is 0.559. The molecule has 100 valence electrons. The van der Waals surface area contributed by atoms with E-state index in [1.165, 1.54) is 0 Å². The molecule has 0 aromatic heterocycles. The maximum atomic E-state index is 12.2. The Morgan fingerprint density at radius 1 is 1.24 bits per heavy atom. The van der Waals surface area contributed by atoms with E-state index in [1.54, 1.807) is 0 Å². The lowest BCUT2D eigenvalue weighted by Gasteiger charge is -2.30. The number of carbonyl (C=O) groups excluding carboxylic acids is 1. The molecule has 0 aromatic rings. The van der Waals surface area contributed by atoms with Crippen LogP contribution in [0.1, 0.15) is 60.3 Å². The summed E-state index contributed by atoms with van der Waals surface area (Å²) in [4.78, 5) is 12.2. The van der Waals surface area contributed by atoms with Gasteiger partial charge < -0.3 is 4.74 Å². The minimum absolute atomic E-state index is 0.00708. The maximum Gasteiger partial charge on any atom is 0.312 e. The molecule has 0 unspecified atom stereocenters. The fourth-order valence-electron chi connectivity index (χ4n) is 2.25. The van der Waals surface area contributed by atoms with Crippen LogP contribution in [0.25, 0.3) is 0 Å². The van der Waals surface area contributed by atoms with E-state index < -0.39 is 0 Å². The molecule has 1 rings (SSSR count). The predicted molar refractivity (Wildman–Crippen MR) is 74.3 cm³/mol. The number of hydrogen-bond acceptors (Lipinski definition) is 2. The zero-order valence-corrected chi connectivity index (χ0v) is 13.3. The van der Waals surface area contributed by atoms with E-state index in [1.807, 2.05) is 20.8 Å². The molecule has 0 N–H and O–H groups in total. The van der Waals surface area contributed by atoms with E-state index in [2.05, 4.69) is 29.8 Å². The van der Waals surface area contributed by atoms with Gasteiger partial charge in [-0.15, -0.1) is 0 Å². The van der Waals surface area contributed by atoms with Gasteiger partial charge in [-0.2, -0.15) is 0 Å². The van der Waals surface area contributed by atoms with Gasteiger partial charge in [0.2, 0.25) is 0 Å². The van der Waals surface area contributed by atoms with Gasteiger partial charge in [0.15, 0.2) is 0 Å². The summed E-state index contributed by atoms with van der Waals surface area (Å²) in [5, 5.41) is 0.990. The number of hydrogen-bond donors (Lipinski definition) is 0. The molecule has 2 nitrogen and oxygen atoms in total. The first-order valence-electron chi connectivity index (χ1n) is 6.40. The number of ether oxygens (including phenoxy) is 1. The summed E-state index contributed by atoms with van der Waals surface area (Å²) in [5.74, 6) is 0.00708. The minimum atomic E-state index is -0.369. The highest BCUT2D eigenvalue weighted by molar-refractivity contribution is 9.09. The van der Waals surface area contributed by atoms with Gasteiger partial charge in [0.1, 0.15) is 5.60 Å². The van der Waals surface area contributed by atoms with Crippen molar-refractivity contribution in [1.82, 2.24) is 0 Å². The van der Waals surface area contributed by atoms with Gasteiger partial charge >= 0.3 is 5.97 Å². The summed E-state index contributed by atoms with van der Waals surface area (Å²) in [6.45, 7) is 10.3. The van der Waals surface area contributed by atoms with Gasteiger partial charge in [-0.25, -0.2) is 0 Å². The lowest BCUT2D eigenvalue weighted by Crippen LogP contribution is -2.32. The summed E-state index contributed by atoms with van der Waals surface area (Å²) in [6, 6.07) is 0. The minimum Gasteiger partial charge on any atom is -0.460 e. The molecular weight excluding hydrogens is 280 g/mol. The van der Waals surface area contributed by atoms with Gasteiger partial charge in [-0.05, 0) is 51.9 Å². The van der Waals surface area contributed by atoms with Crippen LogP contribution in [0.4, 0.5) is 0 Å². The second-order valence-electron chi connectivity index (χ2n) is 7.06. The van der Waals surface area contributed by atoms with Crippen molar-refractivity contribution >= 4 is 21.9 Å². The monoisotopic (exact) mass is 304 g/mol. The van der Waals surface area contributed by atoms with Crippen molar-refractivity contribution in [3.63, 3.8) is 0 Å². The molecule has 0 spiro atoms. The zero-order valence-electron chi connectivity index (χ0n) is 11.7. The van der Waals surface area contributed by atoms with Crippen molar-refractivity contribution in [2.75, 3.05) is 5.33 Å². The zero-order chi connectivity index (χ0) is 13.3. The molecule has 17 heavy (non-hydrogen) atoms. The molecule has 0 atom stereocenters. The molecule has 1 aliphatic rings. The van der Waals surface area contributed by atoms with Gasteiger partial charge in [-0.3, -0.25) is 4.79 Å². The second-order valence-corrected chi connectivity index (χ2v) is 7.86. The molecule has 3 heteroatoms. The number of halogens is 1. The number of alkyl halides is 1. The predicted octanol–water partition coefficient (Wildman–Crippen LogP) is 4.31. The molecule has 0 heterocycles. The van der Waals surface area contributed by atoms with Crippen LogP contribution >= 0.6 is 15.9 Å². The number of esters is 1. The van der Waals surface area contributed by atoms with E-state index in [4.69, 9.17) is 4.74 Å². The maximum absolute atomic E-state index is 12.2. The van der Waals surface area contributed by atoms with Crippen molar-refractivity contribution < 1.29 is 9.53 Å². The Hall–Kier alpha value is -0.0500. The summed E-state index contributed by atoms with van der Waals surface area (Å²) in [7, 11) is 0. The Bertz CT molecular complexity index is 285. The van der Waals surface area contributed by atoms with Gasteiger partial charge in [0, 0.05) is 5.33 Å². The molecule has 1 saturated carbocycles. The van der Waals surface area contributed by atoms with E-state index in [0.29, 0.717) is 0 Å². The van der Waals surface area contributed by atoms with E-state index in [-0.39, 0.29) is 22.4 Å². The molecular formula is C14H25BrO2. The average molecular weight is 305 g/mol. The fourth-order valence-corrected chi connectivity index (χ4v) is 3.32. The average Bonchev–Trinajstić information content (AvgIpc) is 2.81. The van der Waals surface area contributed by atoms with Crippen LogP contribution < -0.4 is 0 Å². The van der Waals surface area contributed by atoms with E-state index in [9.17, 15) is 4.79 Å². The molecule has 0 amide bonds. The molecule has 0 aliphatic heterocycles. The van der Waals surface area contributed by atoms with Crippen molar-refractivity contribution in [1.29, 1.82) is 0 Å². The molecule has 0 saturated heterocycles. The van der Waals surface area contributed by atoms with Crippen LogP contribution in [0.15, 0.2) is 0 Å². The normalized spacial score (nSPS) is 18.9. The molecule has 1 aliphatic carbocycles. The van der Waals surface area contributed by atoms with Crippen molar-refractivity contribution in [3.05, 3.63) is 0 Å². The Balaban J connectivity index is 2.61. The van der Waals surface area contributed by atoms with Crippen molar-refractivity contribution in [2.24, 2.45) is 10.8 Å². The molecule has 0 aromatic carbocycles. The second kappa shape index (κ2) is 4.91. The SMILES string of the molecule is CC(C)(CCBr)CC1(C(=O)OC(C)(C)C)CC1.